The predicted molar refractivity (Wildman–Crippen MR) is 76.6 cm³/mol. The molecule has 1 aliphatic rings. The van der Waals surface area contributed by atoms with E-state index >= 15 is 0 Å². The Morgan fingerprint density at radius 3 is 2.86 bits per heavy atom. The van der Waals surface area contributed by atoms with Crippen molar-refractivity contribution in [3.63, 3.8) is 0 Å². The maximum atomic E-state index is 12.5. The number of ether oxygens (including phenoxy) is 2. The second-order valence-electron chi connectivity index (χ2n) is 5.08. The van der Waals surface area contributed by atoms with Crippen LogP contribution in [-0.2, 0) is 26.0 Å². The molecule has 0 spiro atoms. The van der Waals surface area contributed by atoms with Gasteiger partial charge < -0.3 is 9.47 Å². The van der Waals surface area contributed by atoms with Crippen LogP contribution in [0, 0.1) is 5.92 Å². The zero-order valence-electron chi connectivity index (χ0n) is 12.3. The Hall–Kier alpha value is -1.60. The SMILES string of the molecule is COC(=O)C(C)CN(C)S(=O)(=O)c1ccc2c(c1)CCO2. The van der Waals surface area contributed by atoms with Crippen molar-refractivity contribution in [2.45, 2.75) is 18.2 Å². The highest BCUT2D eigenvalue weighted by molar-refractivity contribution is 7.89. The number of benzene rings is 1. The number of rotatable bonds is 5. The van der Waals surface area contributed by atoms with E-state index in [1.54, 1.807) is 19.1 Å². The molecule has 1 aromatic carbocycles. The first-order chi connectivity index (χ1) is 9.86. The van der Waals surface area contributed by atoms with Crippen molar-refractivity contribution >= 4 is 16.0 Å². The van der Waals surface area contributed by atoms with Crippen molar-refractivity contribution in [1.82, 2.24) is 4.31 Å². The van der Waals surface area contributed by atoms with E-state index in [2.05, 4.69) is 4.74 Å². The van der Waals surface area contributed by atoms with Crippen LogP contribution in [0.1, 0.15) is 12.5 Å². The third kappa shape index (κ3) is 3.19. The molecule has 0 fully saturated rings. The summed E-state index contributed by atoms with van der Waals surface area (Å²) in [7, 11) is -0.885. The van der Waals surface area contributed by atoms with Crippen LogP contribution >= 0.6 is 0 Å². The topological polar surface area (TPSA) is 72.9 Å². The molecule has 2 rings (SSSR count). The Morgan fingerprint density at radius 1 is 1.48 bits per heavy atom. The molecule has 0 amide bonds. The Balaban J connectivity index is 2.19. The van der Waals surface area contributed by atoms with Gasteiger partial charge in [-0.15, -0.1) is 0 Å². The third-order valence-corrected chi connectivity index (χ3v) is 5.32. The second-order valence-corrected chi connectivity index (χ2v) is 7.12. The Kier molecular flexibility index (Phi) is 4.53. The summed E-state index contributed by atoms with van der Waals surface area (Å²) in [5.41, 5.74) is 0.894. The van der Waals surface area contributed by atoms with Gasteiger partial charge in [0.25, 0.3) is 0 Å². The van der Waals surface area contributed by atoms with Gasteiger partial charge >= 0.3 is 5.97 Å². The summed E-state index contributed by atoms with van der Waals surface area (Å²) < 4.78 is 36.2. The van der Waals surface area contributed by atoms with Gasteiger partial charge in [0.05, 0.1) is 24.5 Å². The molecule has 0 aromatic heterocycles. The van der Waals surface area contributed by atoms with Crippen LogP contribution in [0.3, 0.4) is 0 Å². The van der Waals surface area contributed by atoms with Gasteiger partial charge in [-0.1, -0.05) is 6.92 Å². The first-order valence-corrected chi connectivity index (χ1v) is 8.10. The minimum Gasteiger partial charge on any atom is -0.493 e. The zero-order chi connectivity index (χ0) is 15.6. The number of nitrogens with zero attached hydrogens (tertiary/aromatic N) is 1. The maximum absolute atomic E-state index is 12.5. The Bertz CT molecular complexity index is 641. The van der Waals surface area contributed by atoms with Crippen molar-refractivity contribution in [3.05, 3.63) is 23.8 Å². The molecule has 1 aliphatic heterocycles. The number of carbonyl (C=O) groups is 1. The quantitative estimate of drug-likeness (QED) is 0.760. The lowest BCUT2D eigenvalue weighted by Crippen LogP contribution is -2.34. The van der Waals surface area contributed by atoms with Crippen LogP contribution in [0.2, 0.25) is 0 Å². The molecule has 116 valence electrons. The molecular formula is C14H19NO5S. The molecule has 6 nitrogen and oxygen atoms in total. The lowest BCUT2D eigenvalue weighted by atomic mass is 10.2. The van der Waals surface area contributed by atoms with E-state index in [-0.39, 0.29) is 11.4 Å². The van der Waals surface area contributed by atoms with E-state index in [0.717, 1.165) is 11.3 Å². The molecule has 1 atom stereocenters. The molecule has 0 radical (unpaired) electrons. The van der Waals surface area contributed by atoms with Gasteiger partial charge in [-0.25, -0.2) is 12.7 Å². The monoisotopic (exact) mass is 313 g/mol. The van der Waals surface area contributed by atoms with Gasteiger partial charge in [0.1, 0.15) is 5.75 Å². The van der Waals surface area contributed by atoms with Crippen molar-refractivity contribution in [1.29, 1.82) is 0 Å². The first-order valence-electron chi connectivity index (χ1n) is 6.66. The van der Waals surface area contributed by atoms with E-state index in [9.17, 15) is 13.2 Å². The number of carbonyl (C=O) groups excluding carboxylic acids is 1. The van der Waals surface area contributed by atoms with Crippen molar-refractivity contribution in [3.8, 4) is 5.75 Å². The standard InChI is InChI=1S/C14H19NO5S/c1-10(14(16)19-3)9-15(2)21(17,18)12-4-5-13-11(8-12)6-7-20-13/h4-5,8,10H,6-7,9H2,1-3H3. The fraction of sp³-hybridized carbons (Fsp3) is 0.500. The van der Waals surface area contributed by atoms with E-state index < -0.39 is 21.9 Å². The minimum atomic E-state index is -3.63. The molecule has 1 heterocycles. The van der Waals surface area contributed by atoms with Gasteiger partial charge in [-0.05, 0) is 23.8 Å². The Labute approximate surface area is 124 Å². The van der Waals surface area contributed by atoms with Crippen molar-refractivity contribution in [2.75, 3.05) is 27.3 Å². The van der Waals surface area contributed by atoms with E-state index in [1.807, 2.05) is 0 Å². The van der Waals surface area contributed by atoms with Crippen LogP contribution in [0.4, 0.5) is 0 Å². The molecule has 0 aliphatic carbocycles. The summed E-state index contributed by atoms with van der Waals surface area (Å²) >= 11 is 0. The van der Waals surface area contributed by atoms with Crippen LogP contribution in [0.5, 0.6) is 5.75 Å². The van der Waals surface area contributed by atoms with Gasteiger partial charge in [0, 0.05) is 20.0 Å². The van der Waals surface area contributed by atoms with E-state index in [1.165, 1.54) is 24.5 Å². The first kappa shape index (κ1) is 15.8. The van der Waals surface area contributed by atoms with Crippen LogP contribution in [-0.4, -0.2) is 46.0 Å². The number of sulfonamides is 1. The lowest BCUT2D eigenvalue weighted by molar-refractivity contribution is -0.144. The maximum Gasteiger partial charge on any atom is 0.309 e. The number of esters is 1. The van der Waals surface area contributed by atoms with Gasteiger partial charge in [-0.3, -0.25) is 4.79 Å². The average Bonchev–Trinajstić information content (AvgIpc) is 2.93. The largest absolute Gasteiger partial charge is 0.493 e. The van der Waals surface area contributed by atoms with Crippen molar-refractivity contribution in [2.24, 2.45) is 5.92 Å². The van der Waals surface area contributed by atoms with Gasteiger partial charge in [0.15, 0.2) is 0 Å². The van der Waals surface area contributed by atoms with Crippen LogP contribution in [0.25, 0.3) is 0 Å². The average molecular weight is 313 g/mol. The lowest BCUT2D eigenvalue weighted by Gasteiger charge is -2.20. The second kappa shape index (κ2) is 6.03. The summed E-state index contributed by atoms with van der Waals surface area (Å²) in [6.45, 7) is 2.28. The fourth-order valence-corrected chi connectivity index (χ4v) is 3.57. The minimum absolute atomic E-state index is 0.0720. The van der Waals surface area contributed by atoms with E-state index in [0.29, 0.717) is 13.0 Å². The Morgan fingerprint density at radius 2 is 2.19 bits per heavy atom. The normalized spacial score (nSPS) is 15.4. The fourth-order valence-electron chi connectivity index (χ4n) is 2.26. The highest BCUT2D eigenvalue weighted by atomic mass is 32.2. The number of hydrogen-bond acceptors (Lipinski definition) is 5. The third-order valence-electron chi connectivity index (χ3n) is 3.50. The van der Waals surface area contributed by atoms with Crippen molar-refractivity contribution < 1.29 is 22.7 Å². The number of methoxy groups -OCH3 is 1. The molecule has 7 heteroatoms. The predicted octanol–water partition coefficient (Wildman–Crippen LogP) is 1.05. The molecule has 0 bridgehead atoms. The number of fused-ring (bicyclic) bond motifs is 1. The molecule has 0 saturated carbocycles. The number of hydrogen-bond donors (Lipinski definition) is 0. The smallest absolute Gasteiger partial charge is 0.309 e. The molecular weight excluding hydrogens is 294 g/mol. The molecule has 0 saturated heterocycles. The summed E-state index contributed by atoms with van der Waals surface area (Å²) in [5.74, 6) is -0.216. The van der Waals surface area contributed by atoms with E-state index in [4.69, 9.17) is 4.74 Å². The van der Waals surface area contributed by atoms with Crippen LogP contribution < -0.4 is 4.74 Å². The highest BCUT2D eigenvalue weighted by Gasteiger charge is 2.26. The van der Waals surface area contributed by atoms with Gasteiger partial charge in [-0.2, -0.15) is 0 Å². The molecule has 21 heavy (non-hydrogen) atoms. The molecule has 1 aromatic rings. The summed E-state index contributed by atoms with van der Waals surface area (Å²) in [4.78, 5) is 11.6. The zero-order valence-corrected chi connectivity index (χ0v) is 13.1. The summed E-state index contributed by atoms with van der Waals surface area (Å²) in [6, 6.07) is 4.84. The van der Waals surface area contributed by atoms with Crippen LogP contribution in [0.15, 0.2) is 23.1 Å². The van der Waals surface area contributed by atoms with Gasteiger partial charge in [0.2, 0.25) is 10.0 Å². The highest BCUT2D eigenvalue weighted by Crippen LogP contribution is 2.28. The summed E-state index contributed by atoms with van der Waals surface area (Å²) in [6.07, 6.45) is 0.709. The summed E-state index contributed by atoms with van der Waals surface area (Å²) in [5, 5.41) is 0. The molecule has 0 N–H and O–H groups in total. The molecule has 1 unspecified atom stereocenters.